The SMILES string of the molecule is CN1/C(=C/C(=O)C2NNC3/C(=C/c4ccccc4)CCC23)C(C)(C)c2ccccc21. The van der Waals surface area contributed by atoms with Crippen LogP contribution in [0, 0.1) is 5.92 Å². The summed E-state index contributed by atoms with van der Waals surface area (Å²) in [6.45, 7) is 4.40. The Kier molecular flexibility index (Phi) is 4.64. The molecule has 154 valence electrons. The van der Waals surface area contributed by atoms with Gasteiger partial charge in [-0.05, 0) is 30.0 Å². The fourth-order valence-electron chi connectivity index (χ4n) is 5.47. The molecule has 1 aliphatic carbocycles. The number of allylic oxidation sites excluding steroid dienone is 1. The number of hydrogen-bond donors (Lipinski definition) is 2. The Labute approximate surface area is 178 Å². The van der Waals surface area contributed by atoms with E-state index in [1.54, 1.807) is 0 Å². The normalized spacial score (nSPS) is 29.4. The van der Waals surface area contributed by atoms with Gasteiger partial charge in [0.25, 0.3) is 0 Å². The molecular formula is C26H29N3O. The third-order valence-electron chi connectivity index (χ3n) is 7.09. The Morgan fingerprint density at radius 3 is 2.57 bits per heavy atom. The van der Waals surface area contributed by atoms with Crippen molar-refractivity contribution in [2.24, 2.45) is 5.92 Å². The van der Waals surface area contributed by atoms with Gasteiger partial charge in [0.1, 0.15) is 0 Å². The first-order valence-electron chi connectivity index (χ1n) is 10.8. The Hall–Kier alpha value is -2.69. The molecule has 0 spiro atoms. The van der Waals surface area contributed by atoms with Crippen LogP contribution in [-0.4, -0.2) is 24.9 Å². The Morgan fingerprint density at radius 2 is 1.80 bits per heavy atom. The molecule has 0 amide bonds. The maximum absolute atomic E-state index is 13.4. The zero-order valence-electron chi connectivity index (χ0n) is 17.9. The first-order valence-corrected chi connectivity index (χ1v) is 10.8. The molecule has 1 saturated carbocycles. The van der Waals surface area contributed by atoms with Gasteiger partial charge < -0.3 is 4.90 Å². The topological polar surface area (TPSA) is 44.4 Å². The lowest BCUT2D eigenvalue weighted by molar-refractivity contribution is -0.117. The highest BCUT2D eigenvalue weighted by atomic mass is 16.1. The number of carbonyl (C=O) groups is 1. The van der Waals surface area contributed by atoms with Crippen LogP contribution in [-0.2, 0) is 10.2 Å². The lowest BCUT2D eigenvalue weighted by Crippen LogP contribution is -2.39. The summed E-state index contributed by atoms with van der Waals surface area (Å²) >= 11 is 0. The molecule has 2 aliphatic heterocycles. The van der Waals surface area contributed by atoms with Gasteiger partial charge in [-0.25, -0.2) is 10.9 Å². The zero-order chi connectivity index (χ0) is 20.9. The van der Waals surface area contributed by atoms with Gasteiger partial charge in [0.05, 0.1) is 6.04 Å². The Morgan fingerprint density at radius 1 is 1.07 bits per heavy atom. The van der Waals surface area contributed by atoms with Crippen LogP contribution in [0.1, 0.15) is 37.8 Å². The highest BCUT2D eigenvalue weighted by Gasteiger charge is 2.45. The quantitative estimate of drug-likeness (QED) is 0.759. The minimum atomic E-state index is -0.183. The Balaban J connectivity index is 1.38. The molecule has 2 N–H and O–H groups in total. The number of likely N-dealkylation sites (N-methyl/N-ethyl adjacent to an activating group) is 1. The number of rotatable bonds is 3. The van der Waals surface area contributed by atoms with E-state index in [0.717, 1.165) is 18.5 Å². The van der Waals surface area contributed by atoms with Crippen molar-refractivity contribution < 1.29 is 4.79 Å². The lowest BCUT2D eigenvalue weighted by atomic mass is 9.82. The van der Waals surface area contributed by atoms with E-state index in [4.69, 9.17) is 0 Å². The number of anilines is 1. The van der Waals surface area contributed by atoms with Crippen LogP contribution in [0.5, 0.6) is 0 Å². The molecule has 3 aliphatic rings. The summed E-state index contributed by atoms with van der Waals surface area (Å²) in [7, 11) is 2.06. The lowest BCUT2D eigenvalue weighted by Gasteiger charge is -2.25. The average Bonchev–Trinajstić information content (AvgIpc) is 3.39. The number of benzene rings is 2. The number of ketones is 1. The highest BCUT2D eigenvalue weighted by molar-refractivity contribution is 5.97. The van der Waals surface area contributed by atoms with E-state index < -0.39 is 0 Å². The number of fused-ring (bicyclic) bond motifs is 2. The van der Waals surface area contributed by atoms with Crippen molar-refractivity contribution in [3.63, 3.8) is 0 Å². The second kappa shape index (κ2) is 7.22. The minimum Gasteiger partial charge on any atom is -0.347 e. The van der Waals surface area contributed by atoms with E-state index >= 15 is 0 Å². The number of carbonyl (C=O) groups excluding carboxylic acids is 1. The van der Waals surface area contributed by atoms with Gasteiger partial charge in [0.15, 0.2) is 5.78 Å². The van der Waals surface area contributed by atoms with Gasteiger partial charge in [-0.15, -0.1) is 0 Å². The molecule has 0 bridgehead atoms. The van der Waals surface area contributed by atoms with Crippen LogP contribution in [0.2, 0.25) is 0 Å². The number of nitrogens with one attached hydrogen (secondary N) is 2. The van der Waals surface area contributed by atoms with Crippen molar-refractivity contribution in [3.8, 4) is 0 Å². The summed E-state index contributed by atoms with van der Waals surface area (Å²) < 4.78 is 0. The first kappa shape index (κ1) is 19.3. The molecule has 3 atom stereocenters. The van der Waals surface area contributed by atoms with Crippen molar-refractivity contribution in [2.75, 3.05) is 11.9 Å². The largest absolute Gasteiger partial charge is 0.347 e. The molecule has 30 heavy (non-hydrogen) atoms. The monoisotopic (exact) mass is 399 g/mol. The molecule has 2 aromatic carbocycles. The molecule has 2 aromatic rings. The van der Waals surface area contributed by atoms with E-state index in [0.29, 0.717) is 5.92 Å². The Bertz CT molecular complexity index is 1040. The maximum Gasteiger partial charge on any atom is 0.176 e. The highest BCUT2D eigenvalue weighted by Crippen LogP contribution is 2.47. The summed E-state index contributed by atoms with van der Waals surface area (Å²) in [6, 6.07) is 18.9. The fourth-order valence-corrected chi connectivity index (χ4v) is 5.47. The third-order valence-corrected chi connectivity index (χ3v) is 7.09. The van der Waals surface area contributed by atoms with Crippen LogP contribution >= 0.6 is 0 Å². The number of hydrogen-bond acceptors (Lipinski definition) is 4. The van der Waals surface area contributed by atoms with E-state index in [-0.39, 0.29) is 23.3 Å². The van der Waals surface area contributed by atoms with Gasteiger partial charge in [0.2, 0.25) is 0 Å². The summed E-state index contributed by atoms with van der Waals surface area (Å²) in [5.41, 5.74) is 12.7. The molecular weight excluding hydrogens is 370 g/mol. The second-order valence-electron chi connectivity index (χ2n) is 9.21. The maximum atomic E-state index is 13.4. The summed E-state index contributed by atoms with van der Waals surface area (Å²) in [4.78, 5) is 15.5. The molecule has 2 heterocycles. The smallest absolute Gasteiger partial charge is 0.176 e. The minimum absolute atomic E-state index is 0.165. The molecule has 4 heteroatoms. The van der Waals surface area contributed by atoms with Gasteiger partial charge in [-0.3, -0.25) is 4.79 Å². The van der Waals surface area contributed by atoms with E-state index in [1.165, 1.54) is 22.4 Å². The number of nitrogens with zero attached hydrogens (tertiary/aromatic N) is 1. The standard InChI is InChI=1S/C26H29N3O/c1-26(2)20-11-7-8-12-21(20)29(3)23(26)16-22(30)25-19-14-13-18(24(19)27-28-25)15-17-9-5-4-6-10-17/h4-12,15-16,19,24-25,27-28H,13-14H2,1-3H3/b18-15+,23-16+. The average molecular weight is 400 g/mol. The van der Waals surface area contributed by atoms with Crippen LogP contribution < -0.4 is 15.8 Å². The van der Waals surface area contributed by atoms with Gasteiger partial charge in [-0.2, -0.15) is 0 Å². The fraction of sp³-hybridized carbons (Fsp3) is 0.346. The summed E-state index contributed by atoms with van der Waals surface area (Å²) in [5.74, 6) is 0.459. The molecule has 2 fully saturated rings. The molecule has 0 radical (unpaired) electrons. The molecule has 3 unspecified atom stereocenters. The second-order valence-corrected chi connectivity index (χ2v) is 9.21. The van der Waals surface area contributed by atoms with Crippen molar-refractivity contribution in [2.45, 2.75) is 44.2 Å². The predicted molar refractivity (Wildman–Crippen MR) is 122 cm³/mol. The molecule has 5 rings (SSSR count). The van der Waals surface area contributed by atoms with E-state index in [2.05, 4.69) is 91.3 Å². The van der Waals surface area contributed by atoms with Crippen molar-refractivity contribution in [1.29, 1.82) is 0 Å². The van der Waals surface area contributed by atoms with Gasteiger partial charge in [-0.1, -0.05) is 74.0 Å². The first-order chi connectivity index (χ1) is 14.5. The van der Waals surface area contributed by atoms with Crippen LogP contribution in [0.4, 0.5) is 5.69 Å². The van der Waals surface area contributed by atoms with Crippen LogP contribution in [0.15, 0.2) is 71.9 Å². The zero-order valence-corrected chi connectivity index (χ0v) is 17.9. The van der Waals surface area contributed by atoms with E-state index in [9.17, 15) is 4.79 Å². The van der Waals surface area contributed by atoms with Gasteiger partial charge in [0, 0.05) is 41.9 Å². The number of para-hydroxylation sites is 1. The molecule has 4 nitrogen and oxygen atoms in total. The van der Waals surface area contributed by atoms with Crippen molar-refractivity contribution in [3.05, 3.63) is 83.1 Å². The number of hydrazine groups is 1. The predicted octanol–water partition coefficient (Wildman–Crippen LogP) is 4.21. The third kappa shape index (κ3) is 3.03. The summed E-state index contributed by atoms with van der Waals surface area (Å²) in [5, 5.41) is 0. The van der Waals surface area contributed by atoms with E-state index in [1.807, 2.05) is 12.1 Å². The summed E-state index contributed by atoms with van der Waals surface area (Å²) in [6.07, 6.45) is 6.22. The van der Waals surface area contributed by atoms with Crippen molar-refractivity contribution >= 4 is 17.5 Å². The van der Waals surface area contributed by atoms with Crippen LogP contribution in [0.3, 0.4) is 0 Å². The van der Waals surface area contributed by atoms with Crippen LogP contribution in [0.25, 0.3) is 6.08 Å². The van der Waals surface area contributed by atoms with Crippen molar-refractivity contribution in [1.82, 2.24) is 10.9 Å². The molecule has 0 aromatic heterocycles. The van der Waals surface area contributed by atoms with Gasteiger partial charge >= 0.3 is 0 Å². The molecule has 1 saturated heterocycles.